The normalized spacial score (nSPS) is 10.2. The second kappa shape index (κ2) is 4.65. The Hall–Kier alpha value is -1.72. The van der Waals surface area contributed by atoms with Gasteiger partial charge in [0.15, 0.2) is 5.75 Å². The maximum Gasteiger partial charge on any atom is 0.258 e. The fourth-order valence-electron chi connectivity index (χ4n) is 1.23. The molecule has 0 atom stereocenters. The molecule has 88 valence electrons. The summed E-state index contributed by atoms with van der Waals surface area (Å²) in [6, 6.07) is 2.78. The number of H-pyrrole nitrogens is 1. The number of carbonyl (C=O) groups excluding carboxylic acids is 1. The molecular weight excluding hydrogens is 265 g/mol. The number of aromatic hydroxyl groups is 1. The molecule has 2 rings (SSSR count). The van der Waals surface area contributed by atoms with Gasteiger partial charge in [-0.3, -0.25) is 9.89 Å². The Morgan fingerprint density at radius 3 is 2.82 bits per heavy atom. The van der Waals surface area contributed by atoms with E-state index in [2.05, 4.69) is 15.5 Å². The number of halogens is 2. The summed E-state index contributed by atoms with van der Waals surface area (Å²) in [7, 11) is 0. The van der Waals surface area contributed by atoms with Crippen molar-refractivity contribution in [2.45, 2.75) is 0 Å². The first kappa shape index (κ1) is 11.8. The van der Waals surface area contributed by atoms with E-state index in [1.54, 1.807) is 0 Å². The number of rotatable bonds is 2. The van der Waals surface area contributed by atoms with E-state index in [-0.39, 0.29) is 16.5 Å². The molecule has 1 heterocycles. The Bertz CT molecular complexity index is 555. The van der Waals surface area contributed by atoms with Crippen LogP contribution >= 0.6 is 23.2 Å². The molecule has 0 aliphatic rings. The smallest absolute Gasteiger partial charge is 0.258 e. The SMILES string of the molecule is O=C(Nc1cc(Cl)cc(Cl)c1O)c1cn[nH]c1. The number of anilines is 1. The van der Waals surface area contributed by atoms with Gasteiger partial charge in [-0.25, -0.2) is 0 Å². The summed E-state index contributed by atoms with van der Waals surface area (Å²) in [5.41, 5.74) is 0.481. The molecule has 1 aromatic carbocycles. The molecule has 0 radical (unpaired) electrons. The molecule has 5 nitrogen and oxygen atoms in total. The molecule has 0 unspecified atom stereocenters. The van der Waals surface area contributed by atoms with Gasteiger partial charge >= 0.3 is 0 Å². The highest BCUT2D eigenvalue weighted by Crippen LogP contribution is 2.35. The first-order chi connectivity index (χ1) is 8.08. The number of hydrogen-bond donors (Lipinski definition) is 3. The van der Waals surface area contributed by atoms with E-state index in [1.807, 2.05) is 0 Å². The van der Waals surface area contributed by atoms with Gasteiger partial charge in [0.05, 0.1) is 22.5 Å². The molecular formula is C10H7Cl2N3O2. The lowest BCUT2D eigenvalue weighted by Crippen LogP contribution is -2.11. The molecule has 7 heteroatoms. The third kappa shape index (κ3) is 2.51. The van der Waals surface area contributed by atoms with E-state index in [1.165, 1.54) is 24.5 Å². The van der Waals surface area contributed by atoms with Gasteiger partial charge in [-0.2, -0.15) is 5.10 Å². The first-order valence-corrected chi connectivity index (χ1v) is 5.31. The van der Waals surface area contributed by atoms with Crippen LogP contribution in [0.4, 0.5) is 5.69 Å². The fourth-order valence-corrected chi connectivity index (χ4v) is 1.72. The molecule has 2 aromatic rings. The molecule has 0 saturated heterocycles. The largest absolute Gasteiger partial charge is 0.504 e. The van der Waals surface area contributed by atoms with Gasteiger partial charge in [-0.05, 0) is 12.1 Å². The number of amides is 1. The van der Waals surface area contributed by atoms with Gasteiger partial charge < -0.3 is 10.4 Å². The Labute approximate surface area is 106 Å². The Morgan fingerprint density at radius 1 is 1.41 bits per heavy atom. The third-order valence-corrected chi connectivity index (χ3v) is 2.54. The molecule has 0 fully saturated rings. The van der Waals surface area contributed by atoms with E-state index in [0.29, 0.717) is 10.6 Å². The van der Waals surface area contributed by atoms with Crippen LogP contribution < -0.4 is 5.32 Å². The van der Waals surface area contributed by atoms with Crippen molar-refractivity contribution in [3.05, 3.63) is 40.1 Å². The summed E-state index contributed by atoms with van der Waals surface area (Å²) in [6.45, 7) is 0. The van der Waals surface area contributed by atoms with Crippen LogP contribution in [0.25, 0.3) is 0 Å². The lowest BCUT2D eigenvalue weighted by atomic mass is 10.2. The zero-order valence-corrected chi connectivity index (χ0v) is 9.88. The number of carbonyl (C=O) groups is 1. The Balaban J connectivity index is 2.28. The summed E-state index contributed by atoms with van der Waals surface area (Å²) in [5.74, 6) is -0.653. The number of nitrogens with one attached hydrogen (secondary N) is 2. The van der Waals surface area contributed by atoms with Gasteiger partial charge in [-0.15, -0.1) is 0 Å². The van der Waals surface area contributed by atoms with E-state index < -0.39 is 5.91 Å². The van der Waals surface area contributed by atoms with Crippen LogP contribution in [0.3, 0.4) is 0 Å². The third-order valence-electron chi connectivity index (χ3n) is 2.04. The number of phenolic OH excluding ortho intramolecular Hbond substituents is 1. The van der Waals surface area contributed by atoms with E-state index in [0.717, 1.165) is 0 Å². The fraction of sp³-hybridized carbons (Fsp3) is 0. The van der Waals surface area contributed by atoms with Crippen molar-refractivity contribution in [2.75, 3.05) is 5.32 Å². The first-order valence-electron chi connectivity index (χ1n) is 4.56. The van der Waals surface area contributed by atoms with Crippen molar-refractivity contribution < 1.29 is 9.90 Å². The van der Waals surface area contributed by atoms with Crippen molar-refractivity contribution in [2.24, 2.45) is 0 Å². The second-order valence-corrected chi connectivity index (χ2v) is 4.07. The Morgan fingerprint density at radius 2 is 2.18 bits per heavy atom. The standard InChI is InChI=1S/C10H7Cl2N3O2/c11-6-1-7(12)9(16)8(2-6)15-10(17)5-3-13-14-4-5/h1-4,16H,(H,13,14)(H,15,17). The predicted octanol–water partition coefficient (Wildman–Crippen LogP) is 2.67. The van der Waals surface area contributed by atoms with Crippen molar-refractivity contribution in [1.29, 1.82) is 0 Å². The molecule has 0 aliphatic heterocycles. The van der Waals surface area contributed by atoms with E-state index in [4.69, 9.17) is 23.2 Å². The molecule has 1 aromatic heterocycles. The number of benzene rings is 1. The van der Waals surface area contributed by atoms with E-state index in [9.17, 15) is 9.90 Å². The minimum Gasteiger partial charge on any atom is -0.504 e. The zero-order chi connectivity index (χ0) is 12.4. The second-order valence-electron chi connectivity index (χ2n) is 3.22. The van der Waals surface area contributed by atoms with Crippen LogP contribution in [0.1, 0.15) is 10.4 Å². The highest BCUT2D eigenvalue weighted by Gasteiger charge is 2.12. The number of hydrogen-bond acceptors (Lipinski definition) is 3. The van der Waals surface area contributed by atoms with Crippen LogP contribution in [0, 0.1) is 0 Å². The maximum absolute atomic E-state index is 11.7. The van der Waals surface area contributed by atoms with Crippen molar-refractivity contribution in [3.63, 3.8) is 0 Å². The number of aromatic nitrogens is 2. The van der Waals surface area contributed by atoms with Crippen molar-refractivity contribution in [1.82, 2.24) is 10.2 Å². The maximum atomic E-state index is 11.7. The highest BCUT2D eigenvalue weighted by molar-refractivity contribution is 6.36. The summed E-state index contributed by atoms with van der Waals surface area (Å²) in [4.78, 5) is 11.7. The molecule has 3 N–H and O–H groups in total. The number of phenols is 1. The van der Waals surface area contributed by atoms with Gasteiger partial charge in [-0.1, -0.05) is 23.2 Å². The molecule has 1 amide bonds. The Kier molecular flexibility index (Phi) is 3.21. The van der Waals surface area contributed by atoms with Crippen LogP contribution in [0.2, 0.25) is 10.0 Å². The van der Waals surface area contributed by atoms with Crippen LogP contribution in [0.5, 0.6) is 5.75 Å². The molecule has 0 aliphatic carbocycles. The summed E-state index contributed by atoms with van der Waals surface area (Å²) >= 11 is 11.5. The molecule has 17 heavy (non-hydrogen) atoms. The zero-order valence-electron chi connectivity index (χ0n) is 8.37. The number of nitrogens with zero attached hydrogens (tertiary/aromatic N) is 1. The monoisotopic (exact) mass is 271 g/mol. The summed E-state index contributed by atoms with van der Waals surface area (Å²) < 4.78 is 0. The minimum absolute atomic E-state index is 0.0694. The van der Waals surface area contributed by atoms with Crippen LogP contribution in [-0.2, 0) is 0 Å². The molecule has 0 saturated carbocycles. The van der Waals surface area contributed by atoms with Gasteiger partial charge in [0, 0.05) is 11.2 Å². The lowest BCUT2D eigenvalue weighted by molar-refractivity contribution is 0.102. The topological polar surface area (TPSA) is 78.0 Å². The number of aromatic amines is 1. The quantitative estimate of drug-likeness (QED) is 0.735. The average Bonchev–Trinajstić information content (AvgIpc) is 2.78. The summed E-state index contributed by atoms with van der Waals surface area (Å²) in [6.07, 6.45) is 2.79. The molecule has 0 bridgehead atoms. The molecule has 0 spiro atoms. The predicted molar refractivity (Wildman–Crippen MR) is 64.7 cm³/mol. The van der Waals surface area contributed by atoms with Gasteiger partial charge in [0.25, 0.3) is 5.91 Å². The van der Waals surface area contributed by atoms with Crippen molar-refractivity contribution in [3.8, 4) is 5.75 Å². The van der Waals surface area contributed by atoms with Crippen molar-refractivity contribution >= 4 is 34.8 Å². The lowest BCUT2D eigenvalue weighted by Gasteiger charge is -2.08. The van der Waals surface area contributed by atoms with E-state index >= 15 is 0 Å². The average molecular weight is 272 g/mol. The van der Waals surface area contributed by atoms with Crippen LogP contribution in [-0.4, -0.2) is 21.2 Å². The van der Waals surface area contributed by atoms with Gasteiger partial charge in [0.1, 0.15) is 0 Å². The summed E-state index contributed by atoms with van der Waals surface area (Å²) in [5, 5.41) is 18.7. The highest BCUT2D eigenvalue weighted by atomic mass is 35.5. The minimum atomic E-state index is -0.424. The van der Waals surface area contributed by atoms with Crippen LogP contribution in [0.15, 0.2) is 24.5 Å². The van der Waals surface area contributed by atoms with Gasteiger partial charge in [0.2, 0.25) is 0 Å².